The summed E-state index contributed by atoms with van der Waals surface area (Å²) in [5, 5.41) is 0. The van der Waals surface area contributed by atoms with Gasteiger partial charge >= 0.3 is 0 Å². The van der Waals surface area contributed by atoms with Crippen molar-refractivity contribution in [2.24, 2.45) is 0 Å². The van der Waals surface area contributed by atoms with Crippen LogP contribution in [0.15, 0.2) is 0 Å². The van der Waals surface area contributed by atoms with Gasteiger partial charge in [0.2, 0.25) is 0 Å². The molecule has 0 saturated carbocycles. The highest BCUT2D eigenvalue weighted by molar-refractivity contribution is 4.71. The van der Waals surface area contributed by atoms with Crippen LogP contribution in [0.4, 0.5) is 0 Å². The summed E-state index contributed by atoms with van der Waals surface area (Å²) in [5.41, 5.74) is 0. The van der Waals surface area contributed by atoms with E-state index < -0.39 is 0 Å². The van der Waals surface area contributed by atoms with Gasteiger partial charge in [-0.1, -0.05) is 39.0 Å². The Labute approximate surface area is 89.9 Å². The monoisotopic (exact) mass is 197 g/mol. The molecule has 1 heterocycles. The van der Waals surface area contributed by atoms with Crippen LogP contribution in [0.2, 0.25) is 0 Å². The van der Waals surface area contributed by atoms with Gasteiger partial charge < -0.3 is 4.90 Å². The molecule has 1 saturated heterocycles. The van der Waals surface area contributed by atoms with Gasteiger partial charge in [-0.15, -0.1) is 0 Å². The second-order valence-electron chi connectivity index (χ2n) is 4.79. The molecule has 14 heavy (non-hydrogen) atoms. The molecule has 1 nitrogen and oxygen atoms in total. The summed E-state index contributed by atoms with van der Waals surface area (Å²) < 4.78 is 0. The number of hydrogen-bond acceptors (Lipinski definition) is 1. The third-order valence-electron chi connectivity index (χ3n) is 3.49. The molecule has 0 aromatic carbocycles. The van der Waals surface area contributed by atoms with Gasteiger partial charge in [0, 0.05) is 6.04 Å². The second-order valence-corrected chi connectivity index (χ2v) is 4.79. The van der Waals surface area contributed by atoms with Crippen molar-refractivity contribution in [3.05, 3.63) is 0 Å². The third-order valence-corrected chi connectivity index (χ3v) is 3.49. The fourth-order valence-electron chi connectivity index (χ4n) is 2.41. The fraction of sp³-hybridized carbons (Fsp3) is 1.00. The molecule has 0 bridgehead atoms. The third kappa shape index (κ3) is 4.45. The molecule has 0 aromatic heterocycles. The predicted octanol–water partition coefficient (Wildman–Crippen LogP) is 3.83. The number of likely N-dealkylation sites (tertiary alicyclic amines) is 1. The zero-order valence-electron chi connectivity index (χ0n) is 10.1. The summed E-state index contributed by atoms with van der Waals surface area (Å²) in [6, 6.07) is 0.840. The Balaban J connectivity index is 2.04. The summed E-state index contributed by atoms with van der Waals surface area (Å²) in [6.45, 7) is 7.41. The largest absolute Gasteiger partial charge is 0.301 e. The highest BCUT2D eigenvalue weighted by Gasteiger charge is 2.15. The smallest absolute Gasteiger partial charge is 0.00669 e. The maximum absolute atomic E-state index is 2.69. The molecule has 84 valence electrons. The minimum absolute atomic E-state index is 0.840. The van der Waals surface area contributed by atoms with E-state index in [1.807, 2.05) is 0 Å². The predicted molar refractivity (Wildman–Crippen MR) is 63.6 cm³/mol. The van der Waals surface area contributed by atoms with E-state index in [0.29, 0.717) is 0 Å². The zero-order chi connectivity index (χ0) is 10.2. The van der Waals surface area contributed by atoms with E-state index in [1.165, 1.54) is 64.5 Å². The van der Waals surface area contributed by atoms with Crippen LogP contribution in [0, 0.1) is 0 Å². The Morgan fingerprint density at radius 2 is 1.71 bits per heavy atom. The van der Waals surface area contributed by atoms with Crippen LogP contribution in [0.5, 0.6) is 0 Å². The van der Waals surface area contributed by atoms with Crippen LogP contribution in [0.25, 0.3) is 0 Å². The molecule has 1 unspecified atom stereocenters. The van der Waals surface area contributed by atoms with Crippen molar-refractivity contribution in [3.63, 3.8) is 0 Å². The van der Waals surface area contributed by atoms with Crippen LogP contribution in [0.3, 0.4) is 0 Å². The lowest BCUT2D eigenvalue weighted by Crippen LogP contribution is -2.37. The van der Waals surface area contributed by atoms with Crippen LogP contribution < -0.4 is 0 Å². The van der Waals surface area contributed by atoms with Gasteiger partial charge in [0.05, 0.1) is 0 Å². The van der Waals surface area contributed by atoms with Crippen molar-refractivity contribution in [2.45, 2.75) is 71.3 Å². The molecule has 0 aliphatic carbocycles. The Morgan fingerprint density at radius 3 is 2.36 bits per heavy atom. The Morgan fingerprint density at radius 1 is 1.00 bits per heavy atom. The first-order valence-corrected chi connectivity index (χ1v) is 6.58. The molecular formula is C13H27N. The van der Waals surface area contributed by atoms with Crippen LogP contribution in [-0.2, 0) is 0 Å². The average molecular weight is 197 g/mol. The quantitative estimate of drug-likeness (QED) is 0.585. The van der Waals surface area contributed by atoms with E-state index in [2.05, 4.69) is 18.7 Å². The molecule has 1 rings (SSSR count). The molecule has 0 radical (unpaired) electrons. The first kappa shape index (κ1) is 12.0. The maximum Gasteiger partial charge on any atom is 0.00669 e. The molecule has 1 fully saturated rings. The van der Waals surface area contributed by atoms with Gasteiger partial charge in [-0.2, -0.15) is 0 Å². The molecule has 1 atom stereocenters. The standard InChI is InChI=1S/C13H27N/c1-3-4-5-7-10-13(2)14-11-8-6-9-12-14/h13H,3-12H2,1-2H3. The molecule has 0 amide bonds. The van der Waals surface area contributed by atoms with Crippen LogP contribution >= 0.6 is 0 Å². The number of unbranched alkanes of at least 4 members (excludes halogenated alkanes) is 3. The van der Waals surface area contributed by atoms with Crippen molar-refractivity contribution in [2.75, 3.05) is 13.1 Å². The van der Waals surface area contributed by atoms with Gasteiger partial charge in [-0.3, -0.25) is 0 Å². The first-order chi connectivity index (χ1) is 6.84. The fourth-order valence-corrected chi connectivity index (χ4v) is 2.41. The van der Waals surface area contributed by atoms with Crippen molar-refractivity contribution in [1.29, 1.82) is 0 Å². The number of rotatable bonds is 6. The molecule has 1 aliphatic rings. The normalized spacial score (nSPS) is 21.0. The molecule has 0 spiro atoms. The van der Waals surface area contributed by atoms with Gasteiger partial charge in [0.1, 0.15) is 0 Å². The lowest BCUT2D eigenvalue weighted by Gasteiger charge is -2.32. The van der Waals surface area contributed by atoms with Gasteiger partial charge in [0.25, 0.3) is 0 Å². The summed E-state index contributed by atoms with van der Waals surface area (Å²) >= 11 is 0. The highest BCUT2D eigenvalue weighted by atomic mass is 15.1. The Hall–Kier alpha value is -0.0400. The van der Waals surface area contributed by atoms with E-state index >= 15 is 0 Å². The molecule has 0 N–H and O–H groups in total. The van der Waals surface area contributed by atoms with E-state index in [0.717, 1.165) is 6.04 Å². The molecular weight excluding hydrogens is 170 g/mol. The average Bonchev–Trinajstić information content (AvgIpc) is 2.25. The lowest BCUT2D eigenvalue weighted by molar-refractivity contribution is 0.164. The van der Waals surface area contributed by atoms with Crippen molar-refractivity contribution in [1.82, 2.24) is 4.90 Å². The van der Waals surface area contributed by atoms with E-state index in [9.17, 15) is 0 Å². The van der Waals surface area contributed by atoms with E-state index in [1.54, 1.807) is 0 Å². The molecule has 1 aliphatic heterocycles. The topological polar surface area (TPSA) is 3.24 Å². The SMILES string of the molecule is CCCCCCC(C)N1CCCCC1. The summed E-state index contributed by atoms with van der Waals surface area (Å²) in [5.74, 6) is 0. The number of nitrogens with zero attached hydrogens (tertiary/aromatic N) is 1. The number of piperidine rings is 1. The maximum atomic E-state index is 2.69. The Bertz CT molecular complexity index is 127. The van der Waals surface area contributed by atoms with Gasteiger partial charge in [0.15, 0.2) is 0 Å². The van der Waals surface area contributed by atoms with E-state index in [-0.39, 0.29) is 0 Å². The summed E-state index contributed by atoms with van der Waals surface area (Å²) in [6.07, 6.45) is 11.4. The molecule has 1 heteroatoms. The highest BCUT2D eigenvalue weighted by Crippen LogP contribution is 2.16. The minimum Gasteiger partial charge on any atom is -0.301 e. The summed E-state index contributed by atoms with van der Waals surface area (Å²) in [4.78, 5) is 2.69. The van der Waals surface area contributed by atoms with Crippen molar-refractivity contribution < 1.29 is 0 Å². The second kappa shape index (κ2) is 7.28. The molecule has 0 aromatic rings. The van der Waals surface area contributed by atoms with E-state index in [4.69, 9.17) is 0 Å². The number of hydrogen-bond donors (Lipinski definition) is 0. The minimum atomic E-state index is 0.840. The first-order valence-electron chi connectivity index (χ1n) is 6.58. The zero-order valence-corrected chi connectivity index (χ0v) is 10.1. The van der Waals surface area contributed by atoms with Crippen molar-refractivity contribution >= 4 is 0 Å². The lowest BCUT2D eigenvalue weighted by atomic mass is 10.0. The van der Waals surface area contributed by atoms with Crippen LogP contribution in [0.1, 0.15) is 65.2 Å². The summed E-state index contributed by atoms with van der Waals surface area (Å²) in [7, 11) is 0. The van der Waals surface area contributed by atoms with Gasteiger partial charge in [-0.25, -0.2) is 0 Å². The Kier molecular flexibility index (Phi) is 6.25. The van der Waals surface area contributed by atoms with Crippen molar-refractivity contribution in [3.8, 4) is 0 Å². The van der Waals surface area contributed by atoms with Gasteiger partial charge in [-0.05, 0) is 39.3 Å². The van der Waals surface area contributed by atoms with Crippen LogP contribution in [-0.4, -0.2) is 24.0 Å².